The number of hydrogen-bond acceptors (Lipinski definition) is 3. The third-order valence-electron chi connectivity index (χ3n) is 3.00. The summed E-state index contributed by atoms with van der Waals surface area (Å²) in [6.07, 6.45) is 7.27. The molecule has 2 aromatic heterocycles. The van der Waals surface area contributed by atoms with Crippen molar-refractivity contribution in [3.05, 3.63) is 60.7 Å². The first-order chi connectivity index (χ1) is 9.76. The monoisotopic (exact) mass is 283 g/mol. The van der Waals surface area contributed by atoms with Gasteiger partial charge in [0.1, 0.15) is 0 Å². The first kappa shape index (κ1) is 12.7. The van der Waals surface area contributed by atoms with Gasteiger partial charge >= 0.3 is 0 Å². The normalized spacial score (nSPS) is 10.7. The van der Waals surface area contributed by atoms with Crippen molar-refractivity contribution >= 4 is 28.9 Å². The SMILES string of the molecule is CSc1cccc(NC(=O)c2ccn3cncc3c2)c1. The van der Waals surface area contributed by atoms with Gasteiger partial charge < -0.3 is 9.72 Å². The molecule has 1 N–H and O–H groups in total. The molecule has 0 aliphatic carbocycles. The molecule has 0 radical (unpaired) electrons. The van der Waals surface area contributed by atoms with Gasteiger partial charge in [0.15, 0.2) is 0 Å². The molecule has 0 saturated heterocycles. The molecule has 4 nitrogen and oxygen atoms in total. The van der Waals surface area contributed by atoms with Crippen molar-refractivity contribution in [2.24, 2.45) is 0 Å². The number of rotatable bonds is 3. The molecule has 0 spiro atoms. The summed E-state index contributed by atoms with van der Waals surface area (Å²) in [6.45, 7) is 0. The van der Waals surface area contributed by atoms with Crippen LogP contribution in [0, 0.1) is 0 Å². The summed E-state index contributed by atoms with van der Waals surface area (Å²) < 4.78 is 1.87. The summed E-state index contributed by atoms with van der Waals surface area (Å²) >= 11 is 1.65. The van der Waals surface area contributed by atoms with Crippen LogP contribution in [0.15, 0.2) is 60.0 Å². The highest BCUT2D eigenvalue weighted by Gasteiger charge is 2.07. The number of anilines is 1. The second kappa shape index (κ2) is 5.38. The van der Waals surface area contributed by atoms with E-state index in [-0.39, 0.29) is 5.91 Å². The van der Waals surface area contributed by atoms with Gasteiger partial charge in [0.05, 0.1) is 18.0 Å². The molecule has 0 aliphatic heterocycles. The van der Waals surface area contributed by atoms with E-state index in [2.05, 4.69) is 10.3 Å². The molecule has 3 aromatic rings. The number of imidazole rings is 1. The van der Waals surface area contributed by atoms with Crippen LogP contribution in [0.25, 0.3) is 5.52 Å². The highest BCUT2D eigenvalue weighted by Crippen LogP contribution is 2.19. The summed E-state index contributed by atoms with van der Waals surface area (Å²) in [4.78, 5) is 17.4. The average Bonchev–Trinajstić information content (AvgIpc) is 2.94. The van der Waals surface area contributed by atoms with Crippen LogP contribution >= 0.6 is 11.8 Å². The summed E-state index contributed by atoms with van der Waals surface area (Å²) in [7, 11) is 0. The van der Waals surface area contributed by atoms with E-state index < -0.39 is 0 Å². The molecule has 3 rings (SSSR count). The third-order valence-corrected chi connectivity index (χ3v) is 3.73. The van der Waals surface area contributed by atoms with E-state index in [9.17, 15) is 4.79 Å². The molecule has 1 amide bonds. The smallest absolute Gasteiger partial charge is 0.255 e. The minimum atomic E-state index is -0.119. The summed E-state index contributed by atoms with van der Waals surface area (Å²) in [5.74, 6) is -0.119. The molecule has 1 aromatic carbocycles. The quantitative estimate of drug-likeness (QED) is 0.750. The van der Waals surface area contributed by atoms with Crippen molar-refractivity contribution in [2.45, 2.75) is 4.90 Å². The number of nitrogens with one attached hydrogen (secondary N) is 1. The zero-order valence-corrected chi connectivity index (χ0v) is 11.7. The van der Waals surface area contributed by atoms with Crippen LogP contribution in [0.4, 0.5) is 5.69 Å². The largest absolute Gasteiger partial charge is 0.322 e. The Labute approximate surface area is 120 Å². The van der Waals surface area contributed by atoms with Gasteiger partial charge in [0.2, 0.25) is 0 Å². The Balaban J connectivity index is 1.84. The van der Waals surface area contributed by atoms with Gasteiger partial charge in [-0.3, -0.25) is 4.79 Å². The lowest BCUT2D eigenvalue weighted by Gasteiger charge is -2.07. The van der Waals surface area contributed by atoms with Gasteiger partial charge in [-0.05, 0) is 36.6 Å². The van der Waals surface area contributed by atoms with Gasteiger partial charge in [0.25, 0.3) is 5.91 Å². The minimum absolute atomic E-state index is 0.119. The average molecular weight is 283 g/mol. The predicted molar refractivity (Wildman–Crippen MR) is 81.4 cm³/mol. The molecule has 0 bridgehead atoms. The molecular formula is C15H13N3OS. The number of nitrogens with zero attached hydrogens (tertiary/aromatic N) is 2. The maximum absolute atomic E-state index is 12.2. The number of carbonyl (C=O) groups excluding carboxylic acids is 1. The van der Waals surface area contributed by atoms with E-state index in [4.69, 9.17) is 0 Å². The summed E-state index contributed by atoms with van der Waals surface area (Å²) in [5, 5.41) is 2.91. The first-order valence-corrected chi connectivity index (χ1v) is 7.36. The molecule has 0 saturated carbocycles. The highest BCUT2D eigenvalue weighted by molar-refractivity contribution is 7.98. The standard InChI is InChI=1S/C15H13N3OS/c1-20-14-4-2-3-12(8-14)17-15(19)11-5-6-18-10-16-9-13(18)7-11/h2-10H,1H3,(H,17,19). The lowest BCUT2D eigenvalue weighted by Crippen LogP contribution is -2.12. The first-order valence-electron chi connectivity index (χ1n) is 6.13. The van der Waals surface area contributed by atoms with Gasteiger partial charge in [-0.15, -0.1) is 11.8 Å². The molecule has 2 heterocycles. The van der Waals surface area contributed by atoms with E-state index >= 15 is 0 Å². The number of fused-ring (bicyclic) bond motifs is 1. The number of hydrogen-bond donors (Lipinski definition) is 1. The van der Waals surface area contributed by atoms with Crippen molar-refractivity contribution < 1.29 is 4.79 Å². The van der Waals surface area contributed by atoms with Gasteiger partial charge in [-0.2, -0.15) is 0 Å². The van der Waals surface area contributed by atoms with Gasteiger partial charge in [0, 0.05) is 22.3 Å². The number of amides is 1. The van der Waals surface area contributed by atoms with Crippen LogP contribution in [-0.4, -0.2) is 21.5 Å². The van der Waals surface area contributed by atoms with E-state index in [1.54, 1.807) is 30.4 Å². The Morgan fingerprint density at radius 1 is 1.30 bits per heavy atom. The predicted octanol–water partition coefficient (Wildman–Crippen LogP) is 3.31. The zero-order chi connectivity index (χ0) is 13.9. The van der Waals surface area contributed by atoms with E-state index in [1.165, 1.54) is 0 Å². The molecule has 20 heavy (non-hydrogen) atoms. The second-order valence-corrected chi connectivity index (χ2v) is 5.21. The highest BCUT2D eigenvalue weighted by atomic mass is 32.2. The Hall–Kier alpha value is -2.27. The fourth-order valence-electron chi connectivity index (χ4n) is 1.96. The van der Waals surface area contributed by atoms with E-state index in [0.717, 1.165) is 16.1 Å². The molecule has 0 atom stereocenters. The van der Waals surface area contributed by atoms with Crippen molar-refractivity contribution in [1.82, 2.24) is 9.38 Å². The Morgan fingerprint density at radius 2 is 2.20 bits per heavy atom. The molecule has 0 fully saturated rings. The van der Waals surface area contributed by atoms with Crippen LogP contribution in [0.1, 0.15) is 10.4 Å². The molecule has 100 valence electrons. The fraction of sp³-hybridized carbons (Fsp3) is 0.0667. The summed E-state index contributed by atoms with van der Waals surface area (Å²) in [5.41, 5.74) is 2.32. The van der Waals surface area contributed by atoms with Crippen molar-refractivity contribution in [2.75, 3.05) is 11.6 Å². The fourth-order valence-corrected chi connectivity index (χ4v) is 2.42. The Kier molecular flexibility index (Phi) is 3.43. The van der Waals surface area contributed by atoms with Crippen LogP contribution < -0.4 is 5.32 Å². The van der Waals surface area contributed by atoms with Crippen molar-refractivity contribution in [3.63, 3.8) is 0 Å². The van der Waals surface area contributed by atoms with Crippen LogP contribution in [0.5, 0.6) is 0 Å². The van der Waals surface area contributed by atoms with E-state index in [0.29, 0.717) is 5.56 Å². The maximum atomic E-state index is 12.2. The second-order valence-electron chi connectivity index (χ2n) is 4.33. The molecular weight excluding hydrogens is 270 g/mol. The van der Waals surface area contributed by atoms with Crippen LogP contribution in [0.2, 0.25) is 0 Å². The number of aromatic nitrogens is 2. The minimum Gasteiger partial charge on any atom is -0.322 e. The van der Waals surface area contributed by atoms with Crippen LogP contribution in [-0.2, 0) is 0 Å². The zero-order valence-electron chi connectivity index (χ0n) is 10.9. The van der Waals surface area contributed by atoms with Gasteiger partial charge in [-0.25, -0.2) is 4.98 Å². The lowest BCUT2D eigenvalue weighted by molar-refractivity contribution is 0.102. The molecule has 0 unspecified atom stereocenters. The third kappa shape index (κ3) is 2.53. The number of pyridine rings is 1. The number of thioether (sulfide) groups is 1. The Morgan fingerprint density at radius 3 is 3.05 bits per heavy atom. The van der Waals surface area contributed by atoms with Crippen molar-refractivity contribution in [1.29, 1.82) is 0 Å². The lowest BCUT2D eigenvalue weighted by atomic mass is 10.2. The van der Waals surface area contributed by atoms with Crippen molar-refractivity contribution in [3.8, 4) is 0 Å². The van der Waals surface area contributed by atoms with Crippen LogP contribution in [0.3, 0.4) is 0 Å². The maximum Gasteiger partial charge on any atom is 0.255 e. The topological polar surface area (TPSA) is 46.4 Å². The van der Waals surface area contributed by atoms with Gasteiger partial charge in [-0.1, -0.05) is 6.07 Å². The number of benzene rings is 1. The van der Waals surface area contributed by atoms with E-state index in [1.807, 2.05) is 47.2 Å². The summed E-state index contributed by atoms with van der Waals surface area (Å²) in [6, 6.07) is 11.4. The molecule has 5 heteroatoms. The number of carbonyl (C=O) groups is 1. The Bertz CT molecular complexity index is 766. The molecule has 0 aliphatic rings.